The summed E-state index contributed by atoms with van der Waals surface area (Å²) in [5, 5.41) is 9.78. The first-order valence-electron chi connectivity index (χ1n) is 6.68. The van der Waals surface area contributed by atoms with Crippen LogP contribution in [0.15, 0.2) is 12.1 Å². The van der Waals surface area contributed by atoms with E-state index in [4.69, 9.17) is 0 Å². The molecule has 0 heterocycles. The van der Waals surface area contributed by atoms with Crippen molar-refractivity contribution in [3.8, 4) is 0 Å². The highest BCUT2D eigenvalue weighted by Crippen LogP contribution is 2.32. The second-order valence-corrected chi connectivity index (χ2v) is 5.51. The van der Waals surface area contributed by atoms with Crippen LogP contribution in [0.1, 0.15) is 43.4 Å². The predicted molar refractivity (Wildman–Crippen MR) is 72.4 cm³/mol. The maximum Gasteiger partial charge on any atom is 0.126 e. The van der Waals surface area contributed by atoms with Crippen molar-refractivity contribution in [3.63, 3.8) is 0 Å². The Labute approximate surface area is 108 Å². The van der Waals surface area contributed by atoms with E-state index >= 15 is 0 Å². The lowest BCUT2D eigenvalue weighted by Gasteiger charge is -2.33. The normalized spacial score (nSPS) is 17.4. The van der Waals surface area contributed by atoms with E-state index < -0.39 is 6.10 Å². The lowest BCUT2D eigenvalue weighted by Crippen LogP contribution is -2.30. The van der Waals surface area contributed by atoms with Gasteiger partial charge in [-0.25, -0.2) is 4.39 Å². The van der Waals surface area contributed by atoms with Crippen LogP contribution in [0.4, 0.5) is 10.1 Å². The fourth-order valence-corrected chi connectivity index (χ4v) is 2.51. The molecule has 0 unspecified atom stereocenters. The van der Waals surface area contributed by atoms with E-state index in [-0.39, 0.29) is 5.82 Å². The Bertz CT molecular complexity index is 427. The molecule has 1 aliphatic rings. The van der Waals surface area contributed by atoms with Gasteiger partial charge in [-0.1, -0.05) is 6.42 Å². The molecule has 0 radical (unpaired) electrons. The Morgan fingerprint density at radius 2 is 2.11 bits per heavy atom. The quantitative estimate of drug-likeness (QED) is 0.886. The summed E-state index contributed by atoms with van der Waals surface area (Å²) in [5.41, 5.74) is 2.27. The standard InChI is InChI=1S/C15H22FNO/c1-10-7-15(13(11(2)18)8-14(10)16)17(3)9-12-5-4-6-12/h7-8,11-12,18H,4-6,9H2,1-3H3/t11-/m0/s1. The zero-order valence-corrected chi connectivity index (χ0v) is 11.4. The van der Waals surface area contributed by atoms with Crippen LogP contribution in [-0.4, -0.2) is 18.7 Å². The summed E-state index contributed by atoms with van der Waals surface area (Å²) >= 11 is 0. The molecule has 1 aromatic carbocycles. The lowest BCUT2D eigenvalue weighted by molar-refractivity contribution is 0.199. The van der Waals surface area contributed by atoms with Crippen molar-refractivity contribution < 1.29 is 9.50 Å². The highest BCUT2D eigenvalue weighted by molar-refractivity contribution is 5.56. The number of hydrogen-bond donors (Lipinski definition) is 1. The largest absolute Gasteiger partial charge is 0.389 e. The van der Waals surface area contributed by atoms with E-state index in [2.05, 4.69) is 4.90 Å². The Morgan fingerprint density at radius 1 is 1.44 bits per heavy atom. The monoisotopic (exact) mass is 251 g/mol. The van der Waals surface area contributed by atoms with E-state index in [1.807, 2.05) is 13.1 Å². The van der Waals surface area contributed by atoms with Crippen LogP contribution in [0.3, 0.4) is 0 Å². The van der Waals surface area contributed by atoms with Crippen molar-refractivity contribution in [1.82, 2.24) is 0 Å². The van der Waals surface area contributed by atoms with Crippen LogP contribution in [0.2, 0.25) is 0 Å². The number of aryl methyl sites for hydroxylation is 1. The first-order valence-corrected chi connectivity index (χ1v) is 6.68. The van der Waals surface area contributed by atoms with Gasteiger partial charge in [0.2, 0.25) is 0 Å². The minimum Gasteiger partial charge on any atom is -0.389 e. The number of rotatable bonds is 4. The number of aliphatic hydroxyl groups is 1. The molecule has 2 rings (SSSR count). The molecule has 0 bridgehead atoms. The summed E-state index contributed by atoms with van der Waals surface area (Å²) in [4.78, 5) is 2.15. The number of benzene rings is 1. The van der Waals surface area contributed by atoms with E-state index in [0.717, 1.165) is 18.2 Å². The molecule has 18 heavy (non-hydrogen) atoms. The van der Waals surface area contributed by atoms with Gasteiger partial charge in [0.15, 0.2) is 0 Å². The van der Waals surface area contributed by atoms with Gasteiger partial charge >= 0.3 is 0 Å². The first-order chi connectivity index (χ1) is 8.49. The summed E-state index contributed by atoms with van der Waals surface area (Å²) in [5.74, 6) is 0.508. The molecule has 3 heteroatoms. The van der Waals surface area contributed by atoms with Gasteiger partial charge in [-0.05, 0) is 50.3 Å². The van der Waals surface area contributed by atoms with Crippen LogP contribution in [0, 0.1) is 18.7 Å². The van der Waals surface area contributed by atoms with E-state index in [9.17, 15) is 9.50 Å². The lowest BCUT2D eigenvalue weighted by atomic mass is 9.85. The second kappa shape index (κ2) is 5.27. The van der Waals surface area contributed by atoms with Crippen molar-refractivity contribution in [3.05, 3.63) is 29.1 Å². The van der Waals surface area contributed by atoms with Gasteiger partial charge in [0, 0.05) is 24.8 Å². The Kier molecular flexibility index (Phi) is 3.91. The van der Waals surface area contributed by atoms with Gasteiger partial charge in [0.25, 0.3) is 0 Å². The van der Waals surface area contributed by atoms with Crippen LogP contribution in [-0.2, 0) is 0 Å². The van der Waals surface area contributed by atoms with Crippen molar-refractivity contribution in [2.45, 2.75) is 39.2 Å². The second-order valence-electron chi connectivity index (χ2n) is 5.51. The molecular weight excluding hydrogens is 229 g/mol. The number of anilines is 1. The molecule has 1 N–H and O–H groups in total. The fourth-order valence-electron chi connectivity index (χ4n) is 2.51. The molecule has 100 valence electrons. The number of hydrogen-bond acceptors (Lipinski definition) is 2. The summed E-state index contributed by atoms with van der Waals surface area (Å²) in [6, 6.07) is 3.31. The van der Waals surface area contributed by atoms with Gasteiger partial charge in [-0.3, -0.25) is 0 Å². The molecule has 0 aromatic heterocycles. The van der Waals surface area contributed by atoms with Gasteiger partial charge in [-0.2, -0.15) is 0 Å². The topological polar surface area (TPSA) is 23.5 Å². The van der Waals surface area contributed by atoms with E-state index in [1.54, 1.807) is 13.8 Å². The molecule has 0 aliphatic heterocycles. The van der Waals surface area contributed by atoms with Crippen molar-refractivity contribution >= 4 is 5.69 Å². The van der Waals surface area contributed by atoms with Gasteiger partial charge in [0.1, 0.15) is 5.82 Å². The van der Waals surface area contributed by atoms with Gasteiger partial charge < -0.3 is 10.0 Å². The average molecular weight is 251 g/mol. The Hall–Kier alpha value is -1.09. The molecule has 0 amide bonds. The minimum absolute atomic E-state index is 0.244. The molecular formula is C15H22FNO. The predicted octanol–water partition coefficient (Wildman–Crippen LogP) is 3.42. The highest BCUT2D eigenvalue weighted by Gasteiger charge is 2.21. The molecule has 1 fully saturated rings. The molecule has 1 atom stereocenters. The average Bonchev–Trinajstić information content (AvgIpc) is 2.26. The third-order valence-corrected chi connectivity index (χ3v) is 3.93. The zero-order valence-electron chi connectivity index (χ0n) is 11.4. The summed E-state index contributed by atoms with van der Waals surface area (Å²) in [6.45, 7) is 4.44. The van der Waals surface area contributed by atoms with Crippen molar-refractivity contribution in [1.29, 1.82) is 0 Å². The maximum absolute atomic E-state index is 13.6. The zero-order chi connectivity index (χ0) is 13.3. The molecule has 1 aromatic rings. The molecule has 1 saturated carbocycles. The minimum atomic E-state index is -0.640. The molecule has 0 spiro atoms. The molecule has 1 aliphatic carbocycles. The number of halogens is 1. The number of nitrogens with zero attached hydrogens (tertiary/aromatic N) is 1. The fraction of sp³-hybridized carbons (Fsp3) is 0.600. The van der Waals surface area contributed by atoms with Crippen LogP contribution in [0.5, 0.6) is 0 Å². The third kappa shape index (κ3) is 2.66. The van der Waals surface area contributed by atoms with Crippen LogP contribution in [0.25, 0.3) is 0 Å². The molecule has 0 saturated heterocycles. The molecule has 2 nitrogen and oxygen atoms in total. The smallest absolute Gasteiger partial charge is 0.126 e. The Morgan fingerprint density at radius 3 is 2.61 bits per heavy atom. The van der Waals surface area contributed by atoms with Crippen molar-refractivity contribution in [2.24, 2.45) is 5.92 Å². The summed E-state index contributed by atoms with van der Waals surface area (Å²) < 4.78 is 13.6. The van der Waals surface area contributed by atoms with Crippen molar-refractivity contribution in [2.75, 3.05) is 18.5 Å². The number of aliphatic hydroxyl groups excluding tert-OH is 1. The Balaban J connectivity index is 2.25. The highest BCUT2D eigenvalue weighted by atomic mass is 19.1. The third-order valence-electron chi connectivity index (χ3n) is 3.93. The van der Waals surface area contributed by atoms with Crippen LogP contribution < -0.4 is 4.90 Å². The van der Waals surface area contributed by atoms with E-state index in [0.29, 0.717) is 11.1 Å². The van der Waals surface area contributed by atoms with E-state index in [1.165, 1.54) is 25.3 Å². The van der Waals surface area contributed by atoms with Gasteiger partial charge in [0.05, 0.1) is 6.10 Å². The summed E-state index contributed by atoms with van der Waals surface area (Å²) in [7, 11) is 2.02. The SMILES string of the molecule is Cc1cc(N(C)CC2CCC2)c([C@H](C)O)cc1F. The van der Waals surface area contributed by atoms with Gasteiger partial charge in [-0.15, -0.1) is 0 Å². The maximum atomic E-state index is 13.6. The van der Waals surface area contributed by atoms with Crippen LogP contribution >= 0.6 is 0 Å². The first kappa shape index (κ1) is 13.3. The summed E-state index contributed by atoms with van der Waals surface area (Å²) in [6.07, 6.45) is 3.26.